The van der Waals surface area contributed by atoms with Gasteiger partial charge in [0.05, 0.1) is 17.9 Å². The summed E-state index contributed by atoms with van der Waals surface area (Å²) < 4.78 is 12.6. The number of fused-ring (bicyclic) bond motifs is 5. The van der Waals surface area contributed by atoms with E-state index in [1.165, 1.54) is 0 Å². The fraction of sp³-hybridized carbons (Fsp3) is 0.611. The van der Waals surface area contributed by atoms with Crippen molar-refractivity contribution in [1.82, 2.24) is 19.8 Å². The molecule has 0 unspecified atom stereocenters. The van der Waals surface area contributed by atoms with Crippen molar-refractivity contribution in [2.75, 3.05) is 13.2 Å². The molecule has 1 N–H and O–H groups in total. The quantitative estimate of drug-likeness (QED) is 0.836. The molecule has 0 saturated heterocycles. The SMILES string of the molecule is CC(C)(C)OC(=O)N1CCc2nn3c(c2C1)-c1nocc1C[C@@H](CO)C3. The van der Waals surface area contributed by atoms with Gasteiger partial charge in [-0.25, -0.2) is 4.79 Å². The number of ether oxygens (including phenoxy) is 1. The number of aromatic nitrogens is 3. The van der Waals surface area contributed by atoms with E-state index in [1.807, 2.05) is 25.5 Å². The lowest BCUT2D eigenvalue weighted by Gasteiger charge is -2.29. The Morgan fingerprint density at radius 3 is 3.00 bits per heavy atom. The number of rotatable bonds is 1. The Morgan fingerprint density at radius 1 is 1.46 bits per heavy atom. The van der Waals surface area contributed by atoms with Gasteiger partial charge in [0.15, 0.2) is 0 Å². The van der Waals surface area contributed by atoms with Gasteiger partial charge in [-0.1, -0.05) is 5.16 Å². The summed E-state index contributed by atoms with van der Waals surface area (Å²) >= 11 is 0. The maximum absolute atomic E-state index is 12.5. The lowest BCUT2D eigenvalue weighted by atomic mass is 9.99. The van der Waals surface area contributed by atoms with Crippen molar-refractivity contribution in [2.45, 2.75) is 52.3 Å². The fourth-order valence-electron chi connectivity index (χ4n) is 3.65. The zero-order chi connectivity index (χ0) is 18.5. The van der Waals surface area contributed by atoms with Gasteiger partial charge in [-0.05, 0) is 27.2 Å². The monoisotopic (exact) mass is 360 g/mol. The molecule has 4 heterocycles. The molecule has 140 valence electrons. The highest BCUT2D eigenvalue weighted by molar-refractivity contribution is 5.71. The number of aliphatic hydroxyl groups excluding tert-OH is 1. The topological polar surface area (TPSA) is 93.6 Å². The Morgan fingerprint density at radius 2 is 2.27 bits per heavy atom. The van der Waals surface area contributed by atoms with E-state index in [-0.39, 0.29) is 18.6 Å². The maximum atomic E-state index is 12.5. The van der Waals surface area contributed by atoms with E-state index in [1.54, 1.807) is 11.2 Å². The molecule has 4 rings (SSSR count). The van der Waals surface area contributed by atoms with Gasteiger partial charge in [-0.2, -0.15) is 5.10 Å². The number of carbonyl (C=O) groups is 1. The van der Waals surface area contributed by atoms with Gasteiger partial charge >= 0.3 is 6.09 Å². The van der Waals surface area contributed by atoms with Crippen LogP contribution in [-0.2, 0) is 30.7 Å². The Bertz CT molecular complexity index is 833. The third-order valence-corrected chi connectivity index (χ3v) is 4.82. The maximum Gasteiger partial charge on any atom is 0.410 e. The summed E-state index contributed by atoms with van der Waals surface area (Å²) in [5, 5.41) is 18.6. The van der Waals surface area contributed by atoms with Crippen LogP contribution in [0.4, 0.5) is 4.79 Å². The highest BCUT2D eigenvalue weighted by atomic mass is 16.6. The first-order chi connectivity index (χ1) is 12.4. The van der Waals surface area contributed by atoms with Crippen molar-refractivity contribution in [1.29, 1.82) is 0 Å². The normalized spacial score (nSPS) is 19.4. The van der Waals surface area contributed by atoms with E-state index in [4.69, 9.17) is 14.4 Å². The van der Waals surface area contributed by atoms with Gasteiger partial charge in [-0.15, -0.1) is 0 Å². The Hall–Kier alpha value is -2.35. The van der Waals surface area contributed by atoms with Crippen LogP contribution in [0.15, 0.2) is 10.8 Å². The van der Waals surface area contributed by atoms with Crippen molar-refractivity contribution in [3.63, 3.8) is 0 Å². The van der Waals surface area contributed by atoms with Crippen LogP contribution in [-0.4, -0.2) is 49.8 Å². The molecule has 0 saturated carbocycles. The minimum absolute atomic E-state index is 0.0673. The highest BCUT2D eigenvalue weighted by Gasteiger charge is 2.34. The number of nitrogens with zero attached hydrogens (tertiary/aromatic N) is 4. The second-order valence-electron chi connectivity index (χ2n) is 8.05. The molecule has 2 aromatic heterocycles. The minimum Gasteiger partial charge on any atom is -0.444 e. The van der Waals surface area contributed by atoms with Gasteiger partial charge in [0.2, 0.25) is 0 Å². The van der Waals surface area contributed by atoms with Gasteiger partial charge in [0.25, 0.3) is 0 Å². The Kier molecular flexibility index (Phi) is 4.02. The molecule has 1 atom stereocenters. The molecule has 2 aliphatic rings. The number of aliphatic hydroxyl groups is 1. The average molecular weight is 360 g/mol. The van der Waals surface area contributed by atoms with Crippen LogP contribution in [0.25, 0.3) is 11.4 Å². The molecular formula is C18H24N4O4. The third-order valence-electron chi connectivity index (χ3n) is 4.82. The number of hydrogen-bond donors (Lipinski definition) is 1. The second-order valence-corrected chi connectivity index (χ2v) is 8.05. The number of amides is 1. The van der Waals surface area contributed by atoms with Crippen LogP contribution < -0.4 is 0 Å². The first-order valence-electron chi connectivity index (χ1n) is 8.96. The largest absolute Gasteiger partial charge is 0.444 e. The van der Waals surface area contributed by atoms with E-state index in [0.717, 1.165) is 28.2 Å². The summed E-state index contributed by atoms with van der Waals surface area (Å²) in [6.45, 7) is 7.32. The van der Waals surface area contributed by atoms with Gasteiger partial charge in [0, 0.05) is 43.2 Å². The molecule has 0 aromatic carbocycles. The predicted molar refractivity (Wildman–Crippen MR) is 92.4 cm³/mol. The lowest BCUT2D eigenvalue weighted by Crippen LogP contribution is -2.39. The first kappa shape index (κ1) is 17.1. The van der Waals surface area contributed by atoms with E-state index in [9.17, 15) is 9.90 Å². The molecule has 0 radical (unpaired) electrons. The predicted octanol–water partition coefficient (Wildman–Crippen LogP) is 2.00. The molecule has 26 heavy (non-hydrogen) atoms. The summed E-state index contributed by atoms with van der Waals surface area (Å²) in [5.41, 5.74) is 4.08. The van der Waals surface area contributed by atoms with Crippen LogP contribution in [0.5, 0.6) is 0 Å². The van der Waals surface area contributed by atoms with Crippen LogP contribution in [0.3, 0.4) is 0 Å². The van der Waals surface area contributed by atoms with Crippen molar-refractivity contribution in [3.05, 3.63) is 23.1 Å². The molecule has 0 aliphatic carbocycles. The van der Waals surface area contributed by atoms with Gasteiger partial charge in [0.1, 0.15) is 17.6 Å². The summed E-state index contributed by atoms with van der Waals surface area (Å²) in [6, 6.07) is 0. The van der Waals surface area contributed by atoms with Crippen LogP contribution in [0.1, 0.15) is 37.6 Å². The molecule has 0 spiro atoms. The van der Waals surface area contributed by atoms with Gasteiger partial charge < -0.3 is 19.3 Å². The first-order valence-corrected chi connectivity index (χ1v) is 8.96. The van der Waals surface area contributed by atoms with Crippen molar-refractivity contribution >= 4 is 6.09 Å². The molecule has 1 amide bonds. The second kappa shape index (κ2) is 6.12. The number of hydrogen-bond acceptors (Lipinski definition) is 6. The summed E-state index contributed by atoms with van der Waals surface area (Å²) in [6.07, 6.45) is 2.70. The number of carbonyl (C=O) groups excluding carboxylic acids is 1. The molecule has 2 aromatic rings. The van der Waals surface area contributed by atoms with Crippen LogP contribution >= 0.6 is 0 Å². The average Bonchev–Trinajstić information content (AvgIpc) is 3.12. The Balaban J connectivity index is 1.70. The molecule has 2 aliphatic heterocycles. The zero-order valence-corrected chi connectivity index (χ0v) is 15.4. The standard InChI is InChI=1S/C18H24N4O4/c1-18(2,3)26-17(24)21-5-4-14-13(8-21)16-15-12(10-25-20-15)6-11(9-23)7-22(16)19-14/h10-11,23H,4-9H2,1-3H3/t11-/m1/s1. The van der Waals surface area contributed by atoms with Crippen molar-refractivity contribution in [3.8, 4) is 11.4 Å². The van der Waals surface area contributed by atoms with Crippen molar-refractivity contribution < 1.29 is 19.2 Å². The van der Waals surface area contributed by atoms with Crippen molar-refractivity contribution in [2.24, 2.45) is 5.92 Å². The molecule has 8 nitrogen and oxygen atoms in total. The van der Waals surface area contributed by atoms with Crippen LogP contribution in [0, 0.1) is 5.92 Å². The fourth-order valence-corrected chi connectivity index (χ4v) is 3.65. The minimum atomic E-state index is -0.527. The van der Waals surface area contributed by atoms with Gasteiger partial charge in [-0.3, -0.25) is 4.68 Å². The summed E-state index contributed by atoms with van der Waals surface area (Å²) in [4.78, 5) is 14.2. The zero-order valence-electron chi connectivity index (χ0n) is 15.4. The summed E-state index contributed by atoms with van der Waals surface area (Å²) in [7, 11) is 0. The summed E-state index contributed by atoms with van der Waals surface area (Å²) in [5.74, 6) is 0.0673. The van der Waals surface area contributed by atoms with E-state index >= 15 is 0 Å². The third kappa shape index (κ3) is 2.98. The van der Waals surface area contributed by atoms with Crippen LogP contribution in [0.2, 0.25) is 0 Å². The highest BCUT2D eigenvalue weighted by Crippen LogP contribution is 2.36. The molecule has 8 heteroatoms. The lowest BCUT2D eigenvalue weighted by molar-refractivity contribution is 0.0224. The van der Waals surface area contributed by atoms with E-state index in [0.29, 0.717) is 32.5 Å². The Labute approximate surface area is 151 Å². The van der Waals surface area contributed by atoms with E-state index < -0.39 is 5.60 Å². The molecule has 0 bridgehead atoms. The molecular weight excluding hydrogens is 336 g/mol. The van der Waals surface area contributed by atoms with E-state index in [2.05, 4.69) is 5.16 Å². The smallest absolute Gasteiger partial charge is 0.410 e. The molecule has 0 fully saturated rings.